The van der Waals surface area contributed by atoms with E-state index in [4.69, 9.17) is 9.47 Å². The van der Waals surface area contributed by atoms with Crippen LogP contribution in [0.3, 0.4) is 0 Å². The molecule has 9 nitrogen and oxygen atoms in total. The van der Waals surface area contributed by atoms with Crippen molar-refractivity contribution in [2.75, 3.05) is 13.2 Å². The van der Waals surface area contributed by atoms with Crippen molar-refractivity contribution in [3.05, 3.63) is 24.3 Å². The Morgan fingerprint density at radius 1 is 0.638 bits per heavy atom. The van der Waals surface area contributed by atoms with Crippen LogP contribution >= 0.6 is 0 Å². The second-order valence-electron chi connectivity index (χ2n) is 17.5. The summed E-state index contributed by atoms with van der Waals surface area (Å²) in [5.74, 6) is 0.652. The highest BCUT2D eigenvalue weighted by Gasteiger charge is 2.44. The Balaban J connectivity index is 2.28. The quantitative estimate of drug-likeness (QED) is 0.0264. The molecular weight excluding hydrogens is 731 g/mol. The molecule has 1 heterocycles. The predicted molar refractivity (Wildman–Crippen MR) is 240 cm³/mol. The Hall–Kier alpha value is -1.33. The molecule has 1 amide bonds. The summed E-state index contributed by atoms with van der Waals surface area (Å²) in [6.45, 7) is 6.11. The van der Waals surface area contributed by atoms with Gasteiger partial charge < -0.3 is 40.3 Å². The smallest absolute Gasteiger partial charge is 0.220 e. The van der Waals surface area contributed by atoms with E-state index in [-0.39, 0.29) is 12.5 Å². The molecule has 0 spiro atoms. The number of hydrogen-bond acceptors (Lipinski definition) is 8. The SMILES string of the molecule is CCCCCCCCCC=CCCCCCCCCCCCCCC(=O)NC(COC1OC(CO)C(O)C(O)C1O)C(O)C=CCCCCCCCCCC(C)CC. The van der Waals surface area contributed by atoms with Gasteiger partial charge in [0.15, 0.2) is 6.29 Å². The molecule has 1 aliphatic heterocycles. The maximum absolute atomic E-state index is 13.0. The van der Waals surface area contributed by atoms with Gasteiger partial charge in [0.25, 0.3) is 0 Å². The molecule has 0 bridgehead atoms. The maximum atomic E-state index is 13.0. The third-order valence-corrected chi connectivity index (χ3v) is 12.1. The number of amides is 1. The topological polar surface area (TPSA) is 149 Å². The van der Waals surface area contributed by atoms with Gasteiger partial charge in [0.2, 0.25) is 5.91 Å². The minimum atomic E-state index is -1.56. The minimum absolute atomic E-state index is 0.178. The van der Waals surface area contributed by atoms with Gasteiger partial charge in [-0.25, -0.2) is 0 Å². The van der Waals surface area contributed by atoms with Gasteiger partial charge in [-0.1, -0.05) is 193 Å². The first-order chi connectivity index (χ1) is 28.2. The molecule has 9 heteroatoms. The van der Waals surface area contributed by atoms with E-state index < -0.39 is 49.5 Å². The van der Waals surface area contributed by atoms with E-state index >= 15 is 0 Å². The number of aliphatic hydroxyl groups is 5. The summed E-state index contributed by atoms with van der Waals surface area (Å²) in [6, 6.07) is -0.803. The Bertz CT molecular complexity index is 976. The van der Waals surface area contributed by atoms with Crippen LogP contribution in [0.5, 0.6) is 0 Å². The molecule has 1 saturated heterocycles. The second kappa shape index (κ2) is 38.6. The fourth-order valence-corrected chi connectivity index (χ4v) is 7.71. The second-order valence-corrected chi connectivity index (χ2v) is 17.5. The average molecular weight is 824 g/mol. The fraction of sp³-hybridized carbons (Fsp3) is 0.898. The van der Waals surface area contributed by atoms with E-state index in [1.807, 2.05) is 6.08 Å². The zero-order valence-corrected chi connectivity index (χ0v) is 37.7. The molecule has 1 aliphatic rings. The van der Waals surface area contributed by atoms with Crippen LogP contribution in [0.25, 0.3) is 0 Å². The van der Waals surface area contributed by atoms with Gasteiger partial charge >= 0.3 is 0 Å². The number of aliphatic hydroxyl groups excluding tert-OH is 5. The van der Waals surface area contributed by atoms with Gasteiger partial charge in [-0.3, -0.25) is 4.79 Å². The largest absolute Gasteiger partial charge is 0.394 e. The number of nitrogens with one attached hydrogen (secondary N) is 1. The van der Waals surface area contributed by atoms with Crippen molar-refractivity contribution in [2.24, 2.45) is 5.92 Å². The molecule has 0 aromatic carbocycles. The lowest BCUT2D eigenvalue weighted by molar-refractivity contribution is -0.302. The number of carbonyl (C=O) groups excluding carboxylic acids is 1. The summed E-state index contributed by atoms with van der Waals surface area (Å²) in [5.41, 5.74) is 0. The molecule has 8 unspecified atom stereocenters. The molecule has 342 valence electrons. The molecule has 6 N–H and O–H groups in total. The van der Waals surface area contributed by atoms with E-state index in [0.717, 1.165) is 44.4 Å². The number of carbonyl (C=O) groups is 1. The van der Waals surface area contributed by atoms with E-state index in [1.165, 1.54) is 154 Å². The monoisotopic (exact) mass is 824 g/mol. The van der Waals surface area contributed by atoms with Crippen molar-refractivity contribution < 1.29 is 39.8 Å². The minimum Gasteiger partial charge on any atom is -0.394 e. The van der Waals surface area contributed by atoms with Gasteiger partial charge in [-0.2, -0.15) is 0 Å². The summed E-state index contributed by atoms with van der Waals surface area (Å²) < 4.78 is 11.2. The number of unbranched alkanes of at least 4 members (excludes halogenated alkanes) is 25. The van der Waals surface area contributed by atoms with Crippen LogP contribution in [-0.4, -0.2) is 87.5 Å². The maximum Gasteiger partial charge on any atom is 0.220 e. The Morgan fingerprint density at radius 2 is 1.10 bits per heavy atom. The normalized spacial score (nSPS) is 21.6. The number of ether oxygens (including phenoxy) is 2. The summed E-state index contributed by atoms with van der Waals surface area (Å²) in [5, 5.41) is 54.2. The van der Waals surface area contributed by atoms with Crippen LogP contribution in [0.2, 0.25) is 0 Å². The average Bonchev–Trinajstić information content (AvgIpc) is 3.22. The first kappa shape index (κ1) is 54.7. The lowest BCUT2D eigenvalue weighted by Crippen LogP contribution is -2.60. The molecule has 1 fully saturated rings. The molecular formula is C49H93NO8. The third-order valence-electron chi connectivity index (χ3n) is 12.1. The van der Waals surface area contributed by atoms with E-state index in [2.05, 4.69) is 38.2 Å². The molecule has 8 atom stereocenters. The molecule has 1 rings (SSSR count). The van der Waals surface area contributed by atoms with Crippen molar-refractivity contribution in [3.8, 4) is 0 Å². The predicted octanol–water partition coefficient (Wildman–Crippen LogP) is 10.5. The van der Waals surface area contributed by atoms with Gasteiger partial charge in [0, 0.05) is 6.42 Å². The van der Waals surface area contributed by atoms with Crippen LogP contribution in [0.15, 0.2) is 24.3 Å². The van der Waals surface area contributed by atoms with Gasteiger partial charge in [-0.15, -0.1) is 0 Å². The number of allylic oxidation sites excluding steroid dienone is 3. The van der Waals surface area contributed by atoms with E-state index in [1.54, 1.807) is 6.08 Å². The van der Waals surface area contributed by atoms with Gasteiger partial charge in [0.05, 0.1) is 25.4 Å². The molecule has 0 aromatic heterocycles. The van der Waals surface area contributed by atoms with Crippen molar-refractivity contribution in [1.82, 2.24) is 5.32 Å². The highest BCUT2D eigenvalue weighted by molar-refractivity contribution is 5.76. The molecule has 0 saturated carbocycles. The summed E-state index contributed by atoms with van der Waals surface area (Å²) in [7, 11) is 0. The van der Waals surface area contributed by atoms with E-state index in [0.29, 0.717) is 6.42 Å². The first-order valence-electron chi connectivity index (χ1n) is 24.5. The fourth-order valence-electron chi connectivity index (χ4n) is 7.71. The molecule has 0 radical (unpaired) electrons. The van der Waals surface area contributed by atoms with Crippen LogP contribution < -0.4 is 5.32 Å². The van der Waals surface area contributed by atoms with E-state index in [9.17, 15) is 30.3 Å². The lowest BCUT2D eigenvalue weighted by Gasteiger charge is -2.40. The first-order valence-corrected chi connectivity index (χ1v) is 24.5. The van der Waals surface area contributed by atoms with Gasteiger partial charge in [0.1, 0.15) is 24.4 Å². The van der Waals surface area contributed by atoms with Crippen LogP contribution in [0.4, 0.5) is 0 Å². The zero-order chi connectivity index (χ0) is 42.5. The Labute approximate surface area is 356 Å². The zero-order valence-electron chi connectivity index (χ0n) is 37.7. The molecule has 58 heavy (non-hydrogen) atoms. The van der Waals surface area contributed by atoms with Gasteiger partial charge in [-0.05, 0) is 50.9 Å². The molecule has 0 aliphatic carbocycles. The van der Waals surface area contributed by atoms with Crippen molar-refractivity contribution in [3.63, 3.8) is 0 Å². The van der Waals surface area contributed by atoms with Crippen molar-refractivity contribution >= 4 is 5.91 Å². The van der Waals surface area contributed by atoms with Crippen LogP contribution in [-0.2, 0) is 14.3 Å². The van der Waals surface area contributed by atoms with Crippen LogP contribution in [0, 0.1) is 5.92 Å². The third kappa shape index (κ3) is 29.0. The Kier molecular flexibility index (Phi) is 36.4. The molecule has 0 aromatic rings. The summed E-state index contributed by atoms with van der Waals surface area (Å²) in [4.78, 5) is 13.0. The van der Waals surface area contributed by atoms with Crippen molar-refractivity contribution in [1.29, 1.82) is 0 Å². The number of hydrogen-bond donors (Lipinski definition) is 6. The summed E-state index contributed by atoms with van der Waals surface area (Å²) >= 11 is 0. The lowest BCUT2D eigenvalue weighted by atomic mass is 9.99. The highest BCUT2D eigenvalue weighted by atomic mass is 16.7. The number of rotatable bonds is 40. The van der Waals surface area contributed by atoms with Crippen LogP contribution in [0.1, 0.15) is 220 Å². The standard InChI is InChI=1S/C49H93NO8/c1-4-6-7-8-9-10-11-12-13-14-15-16-17-18-19-20-21-22-26-29-32-35-38-45(53)50-42(40-57-49-48(56)47(55)46(54)44(39-51)58-49)43(52)37-34-31-28-25-23-24-27-30-33-36-41(3)5-2/h13-14,34,37,41-44,46-49,51-52,54-56H,4-12,15-33,35-36,38-40H2,1-3H3,(H,50,53). The van der Waals surface area contributed by atoms with Crippen molar-refractivity contribution in [2.45, 2.75) is 263 Å². The summed E-state index contributed by atoms with van der Waals surface area (Å²) in [6.07, 6.45) is 38.0. The Morgan fingerprint density at radius 3 is 1.60 bits per heavy atom. The highest BCUT2D eigenvalue weighted by Crippen LogP contribution is 2.23.